The molecule has 71 heavy (non-hydrogen) atoms. The Morgan fingerprint density at radius 2 is 0.451 bits per heavy atom. The Labute approximate surface area is 432 Å². The molecule has 0 saturated carbocycles. The van der Waals surface area contributed by atoms with Crippen molar-refractivity contribution < 1.29 is 0 Å². The average Bonchev–Trinajstić information content (AvgIpc) is 3.78. The van der Waals surface area contributed by atoms with Gasteiger partial charge in [-0.05, 0) is 209 Å². The lowest BCUT2D eigenvalue weighted by molar-refractivity contribution is 0.337. The molecule has 0 spiro atoms. The van der Waals surface area contributed by atoms with Gasteiger partial charge in [-0.15, -0.1) is 0 Å². The highest BCUT2D eigenvalue weighted by Crippen LogP contribution is 2.60. The summed E-state index contributed by atoms with van der Waals surface area (Å²) in [6, 6.07) is 45.3. The number of benzene rings is 6. The second-order valence-electron chi connectivity index (χ2n) is 27.9. The third-order valence-electron chi connectivity index (χ3n) is 17.0. The fourth-order valence-electron chi connectivity index (χ4n) is 14.9. The Kier molecular flexibility index (Phi) is 13.2. The van der Waals surface area contributed by atoms with Gasteiger partial charge in [0.15, 0.2) is 0 Å². The third-order valence-corrected chi connectivity index (χ3v) is 17.0. The largest absolute Gasteiger partial charge is 0.0627 e. The molecular weight excluding hydrogens is 853 g/mol. The summed E-state index contributed by atoms with van der Waals surface area (Å²) in [5.74, 6) is 3.36. The zero-order valence-corrected chi connectivity index (χ0v) is 47.6. The summed E-state index contributed by atoms with van der Waals surface area (Å²) < 4.78 is 0. The van der Waals surface area contributed by atoms with E-state index in [1.165, 1.54) is 77.9 Å². The average molecular weight is 944 g/mol. The van der Waals surface area contributed by atoms with Crippen LogP contribution >= 0.6 is 0 Å². The van der Waals surface area contributed by atoms with E-state index in [1.807, 2.05) is 0 Å². The van der Waals surface area contributed by atoms with Gasteiger partial charge in [-0.25, -0.2) is 0 Å². The normalized spacial score (nSPS) is 16.1. The molecule has 6 aromatic carbocycles. The van der Waals surface area contributed by atoms with E-state index in [1.54, 1.807) is 22.3 Å². The van der Waals surface area contributed by atoms with Gasteiger partial charge >= 0.3 is 0 Å². The van der Waals surface area contributed by atoms with E-state index in [0.29, 0.717) is 35.5 Å². The standard InChI is InChI=1S/C71H90/c1-43(2)37-69(38-44(3)4)61-31-49(51-21-27-57-59-29-23-53(67(13,14)15)35-65(59)70(39-45(5)6,40-46(7)8)63(57)33-51)19-25-55(61)56-26-20-50(32-62(56)69)52-22-28-58-60-30-24-54(68(16,17)18)36-66(60)71(41-47(9)10,42-48(11)12)64(58)34-52/h19-36,43-48H,37-42H2,1-18H3. The summed E-state index contributed by atoms with van der Waals surface area (Å²) in [6.07, 6.45) is 6.87. The van der Waals surface area contributed by atoms with Gasteiger partial charge in [0, 0.05) is 16.2 Å². The number of rotatable bonds is 14. The minimum atomic E-state index is -0.0935. The molecule has 6 aromatic rings. The molecule has 0 aromatic heterocycles. The Balaban J connectivity index is 1.19. The number of fused-ring (bicyclic) bond motifs is 9. The fraction of sp³-hybridized carbons (Fsp3) is 0.493. The molecule has 0 N–H and O–H groups in total. The van der Waals surface area contributed by atoms with Gasteiger partial charge in [-0.1, -0.05) is 210 Å². The summed E-state index contributed by atoms with van der Waals surface area (Å²) in [6.45, 7) is 43.5. The highest BCUT2D eigenvalue weighted by Gasteiger charge is 2.48. The minimum Gasteiger partial charge on any atom is -0.0627 e. The summed E-state index contributed by atoms with van der Waals surface area (Å²) in [7, 11) is 0. The molecule has 3 aliphatic rings. The Bertz CT molecular complexity index is 2740. The fourth-order valence-corrected chi connectivity index (χ4v) is 14.9. The predicted octanol–water partition coefficient (Wildman–Crippen LogP) is 20.7. The maximum atomic E-state index is 2.65. The summed E-state index contributed by atoms with van der Waals surface area (Å²) in [4.78, 5) is 0. The zero-order valence-electron chi connectivity index (χ0n) is 47.6. The third kappa shape index (κ3) is 8.92. The summed E-state index contributed by atoms with van der Waals surface area (Å²) in [5, 5.41) is 0. The molecule has 0 unspecified atom stereocenters. The van der Waals surface area contributed by atoms with Crippen LogP contribution in [0.4, 0.5) is 0 Å². The molecule has 0 radical (unpaired) electrons. The topological polar surface area (TPSA) is 0 Å². The maximum absolute atomic E-state index is 2.65. The van der Waals surface area contributed by atoms with Crippen molar-refractivity contribution in [3.05, 3.63) is 154 Å². The molecule has 0 heteroatoms. The van der Waals surface area contributed by atoms with Crippen LogP contribution < -0.4 is 0 Å². The van der Waals surface area contributed by atoms with Crippen LogP contribution in [0.3, 0.4) is 0 Å². The lowest BCUT2D eigenvalue weighted by Crippen LogP contribution is -2.30. The van der Waals surface area contributed by atoms with Crippen molar-refractivity contribution in [2.24, 2.45) is 35.5 Å². The van der Waals surface area contributed by atoms with Crippen LogP contribution in [0.25, 0.3) is 55.6 Å². The quantitative estimate of drug-likeness (QED) is 0.102. The van der Waals surface area contributed by atoms with Crippen LogP contribution in [0.1, 0.15) is 208 Å². The highest BCUT2D eigenvalue weighted by molar-refractivity contribution is 5.90. The first-order chi connectivity index (χ1) is 33.3. The van der Waals surface area contributed by atoms with Gasteiger partial charge in [0.1, 0.15) is 0 Å². The molecule has 9 rings (SSSR count). The Morgan fingerprint density at radius 1 is 0.268 bits per heavy atom. The Morgan fingerprint density at radius 3 is 0.634 bits per heavy atom. The second kappa shape index (κ2) is 18.4. The van der Waals surface area contributed by atoms with Crippen molar-refractivity contribution in [1.29, 1.82) is 0 Å². The van der Waals surface area contributed by atoms with Gasteiger partial charge < -0.3 is 0 Å². The minimum absolute atomic E-state index is 0.0222. The summed E-state index contributed by atoms with van der Waals surface area (Å²) >= 11 is 0. The van der Waals surface area contributed by atoms with E-state index in [-0.39, 0.29) is 27.1 Å². The van der Waals surface area contributed by atoms with Crippen LogP contribution in [0.2, 0.25) is 0 Å². The molecule has 0 aliphatic heterocycles. The van der Waals surface area contributed by atoms with Crippen molar-refractivity contribution >= 4 is 0 Å². The van der Waals surface area contributed by atoms with Crippen LogP contribution in [0.15, 0.2) is 109 Å². The highest BCUT2D eigenvalue weighted by atomic mass is 14.5. The summed E-state index contributed by atoms with van der Waals surface area (Å²) in [5.41, 5.74) is 26.2. The van der Waals surface area contributed by atoms with E-state index in [0.717, 1.165) is 38.5 Å². The molecule has 0 saturated heterocycles. The van der Waals surface area contributed by atoms with E-state index in [2.05, 4.69) is 234 Å². The van der Waals surface area contributed by atoms with Crippen molar-refractivity contribution in [2.75, 3.05) is 0 Å². The van der Waals surface area contributed by atoms with Gasteiger partial charge in [0.2, 0.25) is 0 Å². The zero-order chi connectivity index (χ0) is 51.3. The SMILES string of the molecule is CC(C)CC1(CC(C)C)c2cc(-c3ccc4c(c3)C(CC(C)C)(CC(C)C)c3cc(C(C)(C)C)ccc3-4)ccc2-c2ccc(-c3ccc4c(c3)C(CC(C)C)(CC(C)C)c3cc(C(C)(C)C)ccc3-4)cc21. The van der Waals surface area contributed by atoms with Crippen LogP contribution in [0, 0.1) is 35.5 Å². The molecule has 0 amide bonds. The molecule has 3 aliphatic carbocycles. The molecule has 374 valence electrons. The first-order valence-corrected chi connectivity index (χ1v) is 28.2. The van der Waals surface area contributed by atoms with Gasteiger partial charge in [-0.2, -0.15) is 0 Å². The molecule has 0 atom stereocenters. The van der Waals surface area contributed by atoms with Crippen LogP contribution in [-0.2, 0) is 27.1 Å². The predicted molar refractivity (Wildman–Crippen MR) is 310 cm³/mol. The monoisotopic (exact) mass is 943 g/mol. The van der Waals surface area contributed by atoms with E-state index in [9.17, 15) is 0 Å². The molecule has 0 nitrogen and oxygen atoms in total. The van der Waals surface area contributed by atoms with Crippen molar-refractivity contribution in [1.82, 2.24) is 0 Å². The molecular formula is C71H90. The van der Waals surface area contributed by atoms with Gasteiger partial charge in [-0.3, -0.25) is 0 Å². The molecule has 0 heterocycles. The maximum Gasteiger partial charge on any atom is 0.0220 e. The van der Waals surface area contributed by atoms with E-state index < -0.39 is 0 Å². The smallest absolute Gasteiger partial charge is 0.0220 e. The molecule has 0 fully saturated rings. The van der Waals surface area contributed by atoms with Gasteiger partial charge in [0.25, 0.3) is 0 Å². The first-order valence-electron chi connectivity index (χ1n) is 28.2. The van der Waals surface area contributed by atoms with E-state index in [4.69, 9.17) is 0 Å². The van der Waals surface area contributed by atoms with Crippen molar-refractivity contribution in [3.8, 4) is 55.6 Å². The van der Waals surface area contributed by atoms with Gasteiger partial charge in [0.05, 0.1) is 0 Å². The lowest BCUT2D eigenvalue weighted by Gasteiger charge is -2.37. The first kappa shape index (κ1) is 51.2. The molecule has 0 bridgehead atoms. The van der Waals surface area contributed by atoms with Crippen molar-refractivity contribution in [2.45, 2.75) is 190 Å². The Hall–Kier alpha value is -4.68. The van der Waals surface area contributed by atoms with Crippen molar-refractivity contribution in [3.63, 3.8) is 0 Å². The number of hydrogen-bond donors (Lipinski definition) is 0. The van der Waals surface area contributed by atoms with E-state index >= 15 is 0 Å². The second-order valence-corrected chi connectivity index (χ2v) is 27.9. The van der Waals surface area contributed by atoms with Crippen LogP contribution in [0.5, 0.6) is 0 Å². The lowest BCUT2D eigenvalue weighted by atomic mass is 9.66. The number of hydrogen-bond acceptors (Lipinski definition) is 0. The van der Waals surface area contributed by atoms with Crippen LogP contribution in [-0.4, -0.2) is 0 Å².